The second-order valence-electron chi connectivity index (χ2n) is 20.9. The Morgan fingerprint density at radius 1 is 0.986 bits per heavy atom. The van der Waals surface area contributed by atoms with Gasteiger partial charge in [0.1, 0.15) is 36.1 Å². The number of piperidine rings is 1. The number of fused-ring (bicyclic) bond motifs is 6. The molecular weight excluding hydrogens is 933 g/mol. The Kier molecular flexibility index (Phi) is 12.0. The summed E-state index contributed by atoms with van der Waals surface area (Å²) in [4.78, 5) is 60.1. The minimum absolute atomic E-state index is 0.00484. The summed E-state index contributed by atoms with van der Waals surface area (Å²) in [5.41, 5.74) is 3.20. The first-order valence-corrected chi connectivity index (χ1v) is 25.5. The molecule has 6 aliphatic rings. The van der Waals surface area contributed by atoms with Crippen molar-refractivity contribution in [2.24, 2.45) is 13.0 Å². The third-order valence-electron chi connectivity index (χ3n) is 16.3. The first-order valence-electron chi connectivity index (χ1n) is 25.5. The van der Waals surface area contributed by atoms with Gasteiger partial charge in [-0.05, 0) is 92.9 Å². The summed E-state index contributed by atoms with van der Waals surface area (Å²) in [6.07, 6.45) is 15.3. The number of nitrogens with one attached hydrogen (secondary N) is 2. The van der Waals surface area contributed by atoms with Gasteiger partial charge >= 0.3 is 18.1 Å². The van der Waals surface area contributed by atoms with Crippen LogP contribution in [0.4, 0.5) is 30.0 Å². The van der Waals surface area contributed by atoms with E-state index < -0.39 is 23.2 Å². The summed E-state index contributed by atoms with van der Waals surface area (Å²) in [6, 6.07) is 14.6. The summed E-state index contributed by atoms with van der Waals surface area (Å²) in [7, 11) is 1.86. The van der Waals surface area contributed by atoms with Gasteiger partial charge in [-0.2, -0.15) is 15.1 Å². The molecule has 12 rings (SSSR count). The Labute approximate surface area is 421 Å². The van der Waals surface area contributed by atoms with Gasteiger partial charge < -0.3 is 24.6 Å². The molecule has 0 saturated carbocycles. The molecule has 0 radical (unpaired) electrons. The first-order chi connectivity index (χ1) is 35.4. The SMILES string of the molecule is C#Cc1c(F)ccc2cccc(-c3ncc4c(N5CC6CCC(C5)N6)nc(OCC56CC[C@@H](COC(=O)N7CCC(CCc8ccc9c(N%10CCC(=O)NC%10=O)nn(C)c9c8)CC7)N5CC(=C)C6)nc4c3F)c12. The third-order valence-corrected chi connectivity index (χ3v) is 16.3. The lowest BCUT2D eigenvalue weighted by molar-refractivity contribution is -0.120. The van der Waals surface area contributed by atoms with Crippen LogP contribution < -0.4 is 25.2 Å². The van der Waals surface area contributed by atoms with Crippen molar-refractivity contribution in [3.8, 4) is 29.6 Å². The number of piperazine rings is 1. The van der Waals surface area contributed by atoms with Gasteiger partial charge in [-0.3, -0.25) is 29.6 Å². The predicted molar refractivity (Wildman–Crippen MR) is 272 cm³/mol. The zero-order valence-electron chi connectivity index (χ0n) is 40.8. The molecule has 0 spiro atoms. The van der Waals surface area contributed by atoms with Gasteiger partial charge in [0.05, 0.1) is 22.0 Å². The van der Waals surface area contributed by atoms with Crippen LogP contribution in [0.1, 0.15) is 68.9 Å². The summed E-state index contributed by atoms with van der Waals surface area (Å²) in [6.45, 7) is 8.42. The van der Waals surface area contributed by atoms with Crippen molar-refractivity contribution >= 4 is 62.2 Å². The molecule has 4 amide bonds. The maximum Gasteiger partial charge on any atom is 0.409 e. The molecule has 6 saturated heterocycles. The molecular formula is C55H57F2N11O5. The Bertz CT molecular complexity index is 3280. The number of anilines is 2. The molecule has 2 bridgehead atoms. The number of benzene rings is 3. The second kappa shape index (κ2) is 18.7. The highest BCUT2D eigenvalue weighted by Gasteiger charge is 2.52. The number of carbonyl (C=O) groups excluding carboxylic acids is 3. The van der Waals surface area contributed by atoms with E-state index in [1.165, 1.54) is 16.5 Å². The van der Waals surface area contributed by atoms with Crippen LogP contribution in [0.15, 0.2) is 66.9 Å². The number of pyridine rings is 1. The lowest BCUT2D eigenvalue weighted by atomic mass is 9.90. The number of ether oxygens (including phenoxy) is 2. The van der Waals surface area contributed by atoms with E-state index in [0.29, 0.717) is 85.0 Å². The molecule has 2 N–H and O–H groups in total. The fraction of sp³-hybridized carbons (Fsp3) is 0.436. The topological polar surface area (TPSA) is 163 Å². The number of terminal acetylenes is 1. The van der Waals surface area contributed by atoms with E-state index in [1.54, 1.807) is 29.1 Å². The van der Waals surface area contributed by atoms with Gasteiger partial charge in [0, 0.05) is 93.4 Å². The van der Waals surface area contributed by atoms with Crippen LogP contribution in [0, 0.1) is 29.9 Å². The Morgan fingerprint density at radius 2 is 1.81 bits per heavy atom. The Hall–Kier alpha value is -7.23. The predicted octanol–water partition coefficient (Wildman–Crippen LogP) is 7.40. The summed E-state index contributed by atoms with van der Waals surface area (Å²) < 4.78 is 46.7. The van der Waals surface area contributed by atoms with Crippen molar-refractivity contribution in [2.45, 2.75) is 87.9 Å². The molecule has 6 aromatic rings. The number of rotatable bonds is 11. The molecule has 18 heteroatoms. The number of nitrogens with zero attached hydrogens (tertiary/aromatic N) is 9. The maximum atomic E-state index is 17.2. The standard InChI is InChI=1S/C55H57F2N11O5/c1-4-39-43(56)15-11-35-6-5-7-41(46(35)39)48-47(57)49-42(26-58-48)50(66-28-36-12-13-37(29-66)59-36)62-52(61-49)73-31-55-20-16-38(68(55)27-32(2)25-55)30-72-54(71)65-21-17-33(18-22-65)8-9-34-10-14-40-44(24-34)64(3)63-51(40)67-23-19-45(69)60-53(67)70/h1,5-7,10-11,14-15,24,26,33,36-38,59H,2,8-9,12-13,16-23,25,27-31H2,3H3,(H,60,69,70)/t36?,37?,38-,55?/m0/s1. The van der Waals surface area contributed by atoms with Crippen LogP contribution in [-0.2, 0) is 23.0 Å². The highest BCUT2D eigenvalue weighted by molar-refractivity contribution is 6.09. The smallest absolute Gasteiger partial charge is 0.409 e. The maximum absolute atomic E-state index is 17.2. The van der Waals surface area contributed by atoms with E-state index in [-0.39, 0.29) is 72.5 Å². The minimum atomic E-state index is -0.674. The van der Waals surface area contributed by atoms with Crippen LogP contribution in [0.3, 0.4) is 0 Å². The average Bonchev–Trinajstić information content (AvgIpc) is 4.12. The minimum Gasteiger partial charge on any atom is -0.461 e. The van der Waals surface area contributed by atoms with Gasteiger partial charge in [0.2, 0.25) is 5.91 Å². The van der Waals surface area contributed by atoms with Crippen molar-refractivity contribution in [2.75, 3.05) is 62.3 Å². The number of carbonyl (C=O) groups is 3. The summed E-state index contributed by atoms with van der Waals surface area (Å²) in [5, 5.41) is 13.1. The quantitative estimate of drug-likeness (QED) is 0.0979. The van der Waals surface area contributed by atoms with Gasteiger partial charge in [-0.1, -0.05) is 48.4 Å². The molecule has 16 nitrogen and oxygen atoms in total. The van der Waals surface area contributed by atoms with Crippen LogP contribution in [0.5, 0.6) is 6.01 Å². The van der Waals surface area contributed by atoms with Crippen LogP contribution in [0.25, 0.3) is 43.8 Å². The van der Waals surface area contributed by atoms with Crippen molar-refractivity contribution in [1.29, 1.82) is 0 Å². The molecule has 0 aliphatic carbocycles. The number of aromatic nitrogens is 5. The Balaban J connectivity index is 0.702. The molecule has 4 atom stereocenters. The van der Waals surface area contributed by atoms with Gasteiger partial charge in [0.15, 0.2) is 11.6 Å². The summed E-state index contributed by atoms with van der Waals surface area (Å²) >= 11 is 0. The summed E-state index contributed by atoms with van der Waals surface area (Å²) in [5.74, 6) is 2.51. The monoisotopic (exact) mass is 989 g/mol. The second-order valence-corrected chi connectivity index (χ2v) is 20.9. The number of halogens is 2. The number of amides is 4. The normalized spacial score (nSPS) is 23.5. The molecule has 3 unspecified atom stereocenters. The van der Waals surface area contributed by atoms with Crippen LogP contribution >= 0.6 is 0 Å². The van der Waals surface area contributed by atoms with E-state index in [4.69, 9.17) is 25.9 Å². The average molecular weight is 990 g/mol. The van der Waals surface area contributed by atoms with E-state index in [2.05, 4.69) is 55.1 Å². The lowest BCUT2D eigenvalue weighted by Gasteiger charge is -2.35. The van der Waals surface area contributed by atoms with Gasteiger partial charge in [0.25, 0.3) is 0 Å². The van der Waals surface area contributed by atoms with Crippen molar-refractivity contribution in [1.82, 2.24) is 45.2 Å². The highest BCUT2D eigenvalue weighted by Crippen LogP contribution is 2.45. The number of hydrogen-bond donors (Lipinski definition) is 2. The van der Waals surface area contributed by atoms with Crippen molar-refractivity contribution in [3.05, 3.63) is 89.6 Å². The largest absolute Gasteiger partial charge is 0.461 e. The number of urea groups is 1. The molecule has 3 aromatic carbocycles. The van der Waals surface area contributed by atoms with E-state index in [0.717, 1.165) is 67.8 Å². The molecule has 6 fully saturated rings. The highest BCUT2D eigenvalue weighted by atomic mass is 19.1. The fourth-order valence-corrected chi connectivity index (χ4v) is 12.6. The number of hydrogen-bond acceptors (Lipinski definition) is 12. The Morgan fingerprint density at radius 3 is 2.60 bits per heavy atom. The number of likely N-dealkylation sites (tertiary alicyclic amines) is 1. The zero-order chi connectivity index (χ0) is 50.1. The van der Waals surface area contributed by atoms with Crippen molar-refractivity contribution < 1.29 is 32.6 Å². The van der Waals surface area contributed by atoms with Crippen molar-refractivity contribution in [3.63, 3.8) is 0 Å². The van der Waals surface area contributed by atoms with E-state index in [9.17, 15) is 14.4 Å². The number of aryl methyl sites for hydroxylation is 2. The first kappa shape index (κ1) is 46.8. The number of imide groups is 1. The molecule has 6 aliphatic heterocycles. The lowest BCUT2D eigenvalue weighted by Crippen LogP contribution is -2.51. The molecule has 9 heterocycles. The van der Waals surface area contributed by atoms with Crippen LogP contribution in [0.2, 0.25) is 0 Å². The molecule has 73 heavy (non-hydrogen) atoms. The third kappa shape index (κ3) is 8.55. The molecule has 3 aromatic heterocycles. The zero-order valence-corrected chi connectivity index (χ0v) is 40.8. The van der Waals surface area contributed by atoms with Gasteiger partial charge in [-0.15, -0.1) is 6.42 Å². The van der Waals surface area contributed by atoms with E-state index >= 15 is 8.78 Å². The fourth-order valence-electron chi connectivity index (χ4n) is 12.6. The van der Waals surface area contributed by atoms with E-state index in [1.807, 2.05) is 24.1 Å². The van der Waals surface area contributed by atoms with Gasteiger partial charge in [-0.25, -0.2) is 18.4 Å². The molecule has 376 valence electrons. The van der Waals surface area contributed by atoms with Crippen LogP contribution in [-0.4, -0.2) is 129 Å².